The van der Waals surface area contributed by atoms with Crippen LogP contribution in [0, 0.1) is 0 Å². The van der Waals surface area contributed by atoms with Gasteiger partial charge in [0.15, 0.2) is 0 Å². The average molecular weight is 250 g/mol. The Morgan fingerprint density at radius 3 is 2.22 bits per heavy atom. The summed E-state index contributed by atoms with van der Waals surface area (Å²) in [6.07, 6.45) is 1.58. The van der Waals surface area contributed by atoms with Crippen LogP contribution in [0.4, 0.5) is 0 Å². The second-order valence-electron chi connectivity index (χ2n) is 4.04. The quantitative estimate of drug-likeness (QED) is 0.754. The van der Waals surface area contributed by atoms with E-state index in [0.717, 1.165) is 12.8 Å². The lowest BCUT2D eigenvalue weighted by Crippen LogP contribution is -2.18. The van der Waals surface area contributed by atoms with Gasteiger partial charge in [0, 0.05) is 0 Å². The van der Waals surface area contributed by atoms with E-state index in [9.17, 15) is 9.59 Å². The van der Waals surface area contributed by atoms with Gasteiger partial charge in [0.25, 0.3) is 0 Å². The molecule has 0 amide bonds. The molecular weight excluding hydrogens is 232 g/mol. The van der Waals surface area contributed by atoms with E-state index >= 15 is 0 Å². The third-order valence-electron chi connectivity index (χ3n) is 2.56. The third-order valence-corrected chi connectivity index (χ3v) is 2.56. The Kier molecular flexibility index (Phi) is 5.36. The fourth-order valence-electron chi connectivity index (χ4n) is 1.66. The number of carbonyl (C=O) groups excluding carboxylic acids is 2. The molecule has 0 aliphatic rings. The minimum Gasteiger partial charge on any atom is -0.465 e. The van der Waals surface area contributed by atoms with Crippen molar-refractivity contribution in [1.29, 1.82) is 0 Å². The van der Waals surface area contributed by atoms with Crippen LogP contribution in [0.2, 0.25) is 0 Å². The summed E-state index contributed by atoms with van der Waals surface area (Å²) in [6, 6.07) is 6.48. The molecule has 0 saturated heterocycles. The van der Waals surface area contributed by atoms with Crippen LogP contribution in [0.25, 0.3) is 0 Å². The molecule has 1 aromatic rings. The lowest BCUT2D eigenvalue weighted by Gasteiger charge is -2.13. The van der Waals surface area contributed by atoms with Gasteiger partial charge >= 0.3 is 11.9 Å². The first-order chi connectivity index (χ1) is 8.60. The number of carbonyl (C=O) groups is 2. The molecule has 4 nitrogen and oxygen atoms in total. The monoisotopic (exact) mass is 250 g/mol. The molecule has 0 radical (unpaired) electrons. The highest BCUT2D eigenvalue weighted by Crippen LogP contribution is 2.13. The first kappa shape index (κ1) is 14.2. The molecule has 1 atom stereocenters. The summed E-state index contributed by atoms with van der Waals surface area (Å²) < 4.78 is 9.90. The van der Waals surface area contributed by atoms with E-state index in [4.69, 9.17) is 4.74 Å². The number of methoxy groups -OCH3 is 1. The lowest BCUT2D eigenvalue weighted by atomic mass is 10.1. The zero-order valence-corrected chi connectivity index (χ0v) is 10.9. The topological polar surface area (TPSA) is 52.6 Å². The van der Waals surface area contributed by atoms with Crippen LogP contribution < -0.4 is 0 Å². The summed E-state index contributed by atoms with van der Waals surface area (Å²) >= 11 is 0. The molecule has 1 unspecified atom stereocenters. The second kappa shape index (κ2) is 6.79. The summed E-state index contributed by atoms with van der Waals surface area (Å²) in [7, 11) is 1.28. The molecule has 1 rings (SSSR count). The van der Waals surface area contributed by atoms with Gasteiger partial charge in [-0.15, -0.1) is 0 Å². The van der Waals surface area contributed by atoms with E-state index in [1.54, 1.807) is 24.3 Å². The fraction of sp³-hybridized carbons (Fsp3) is 0.429. The van der Waals surface area contributed by atoms with Gasteiger partial charge in [-0.1, -0.05) is 25.5 Å². The molecule has 0 aromatic heterocycles. The van der Waals surface area contributed by atoms with Crippen molar-refractivity contribution in [1.82, 2.24) is 0 Å². The molecule has 0 fully saturated rings. The molecule has 4 heteroatoms. The van der Waals surface area contributed by atoms with Gasteiger partial charge in [-0.3, -0.25) is 0 Å². The van der Waals surface area contributed by atoms with Gasteiger partial charge < -0.3 is 9.47 Å². The van der Waals surface area contributed by atoms with E-state index in [1.807, 2.05) is 13.8 Å². The molecule has 0 heterocycles. The summed E-state index contributed by atoms with van der Waals surface area (Å²) in [5.41, 5.74) is 0.473. The van der Waals surface area contributed by atoms with Gasteiger partial charge in [-0.25, -0.2) is 9.59 Å². The van der Waals surface area contributed by atoms with Crippen LogP contribution in [0.1, 0.15) is 47.4 Å². The number of rotatable bonds is 5. The summed E-state index contributed by atoms with van der Waals surface area (Å²) in [6.45, 7) is 3.86. The molecule has 0 spiro atoms. The van der Waals surface area contributed by atoms with Crippen molar-refractivity contribution >= 4 is 11.9 Å². The highest BCUT2D eigenvalue weighted by molar-refractivity contribution is 6.03. The van der Waals surface area contributed by atoms with Crippen LogP contribution in [-0.4, -0.2) is 25.2 Å². The maximum atomic E-state index is 11.9. The lowest BCUT2D eigenvalue weighted by molar-refractivity contribution is 0.0315. The Bertz CT molecular complexity index is 426. The summed E-state index contributed by atoms with van der Waals surface area (Å²) in [5, 5.41) is 0. The molecule has 18 heavy (non-hydrogen) atoms. The van der Waals surface area contributed by atoms with Crippen molar-refractivity contribution in [2.24, 2.45) is 0 Å². The normalized spacial score (nSPS) is 11.7. The van der Waals surface area contributed by atoms with E-state index in [2.05, 4.69) is 4.74 Å². The number of ether oxygens (including phenoxy) is 2. The van der Waals surface area contributed by atoms with E-state index in [-0.39, 0.29) is 17.2 Å². The first-order valence-corrected chi connectivity index (χ1v) is 5.98. The van der Waals surface area contributed by atoms with Crippen molar-refractivity contribution in [3.8, 4) is 0 Å². The molecule has 0 aliphatic carbocycles. The zero-order chi connectivity index (χ0) is 13.5. The maximum absolute atomic E-state index is 11.9. The van der Waals surface area contributed by atoms with Gasteiger partial charge in [-0.2, -0.15) is 0 Å². The minimum absolute atomic E-state index is 0.159. The van der Waals surface area contributed by atoms with Gasteiger partial charge in [0.1, 0.15) is 0 Å². The zero-order valence-electron chi connectivity index (χ0n) is 10.9. The Labute approximate surface area is 107 Å². The number of benzene rings is 1. The van der Waals surface area contributed by atoms with Crippen molar-refractivity contribution in [3.63, 3.8) is 0 Å². The molecular formula is C14H18O4. The summed E-state index contributed by atoms with van der Waals surface area (Å²) in [5.74, 6) is -1.03. The number of esters is 2. The first-order valence-electron chi connectivity index (χ1n) is 5.98. The van der Waals surface area contributed by atoms with E-state index in [1.165, 1.54) is 7.11 Å². The third kappa shape index (κ3) is 3.58. The Morgan fingerprint density at radius 2 is 1.72 bits per heavy atom. The molecule has 0 aliphatic heterocycles. The van der Waals surface area contributed by atoms with Crippen LogP contribution in [0.15, 0.2) is 24.3 Å². The predicted molar refractivity (Wildman–Crippen MR) is 67.6 cm³/mol. The Morgan fingerprint density at radius 1 is 1.17 bits per heavy atom. The smallest absolute Gasteiger partial charge is 0.339 e. The maximum Gasteiger partial charge on any atom is 0.339 e. The highest BCUT2D eigenvalue weighted by atomic mass is 16.5. The van der Waals surface area contributed by atoms with Crippen molar-refractivity contribution in [2.45, 2.75) is 32.8 Å². The van der Waals surface area contributed by atoms with Crippen molar-refractivity contribution < 1.29 is 19.1 Å². The Hall–Kier alpha value is -1.84. The Balaban J connectivity index is 2.88. The molecule has 0 N–H and O–H groups in total. The van der Waals surface area contributed by atoms with Gasteiger partial charge in [0.05, 0.1) is 24.3 Å². The van der Waals surface area contributed by atoms with Crippen molar-refractivity contribution in [2.75, 3.05) is 7.11 Å². The van der Waals surface area contributed by atoms with Crippen LogP contribution in [0.3, 0.4) is 0 Å². The number of hydrogen-bond donors (Lipinski definition) is 0. The van der Waals surface area contributed by atoms with Crippen LogP contribution >= 0.6 is 0 Å². The van der Waals surface area contributed by atoms with Gasteiger partial charge in [0.2, 0.25) is 0 Å². The molecule has 1 aromatic carbocycles. The second-order valence-corrected chi connectivity index (χ2v) is 4.04. The van der Waals surface area contributed by atoms with Crippen LogP contribution in [0.5, 0.6) is 0 Å². The van der Waals surface area contributed by atoms with Crippen molar-refractivity contribution in [3.05, 3.63) is 35.4 Å². The largest absolute Gasteiger partial charge is 0.465 e. The predicted octanol–water partition coefficient (Wildman–Crippen LogP) is 2.82. The molecule has 98 valence electrons. The SMILES string of the molecule is CCCC(C)OC(=O)c1ccccc1C(=O)OC. The number of hydrogen-bond acceptors (Lipinski definition) is 4. The minimum atomic E-state index is -0.536. The molecule has 0 bridgehead atoms. The van der Waals surface area contributed by atoms with E-state index < -0.39 is 11.9 Å². The fourth-order valence-corrected chi connectivity index (χ4v) is 1.66. The van der Waals surface area contributed by atoms with Gasteiger partial charge in [-0.05, 0) is 25.5 Å². The molecule has 0 saturated carbocycles. The standard InChI is InChI=1S/C14H18O4/c1-4-7-10(2)18-14(16)12-9-6-5-8-11(12)13(15)17-3/h5-6,8-10H,4,7H2,1-3H3. The summed E-state index contributed by atoms with van der Waals surface area (Å²) in [4.78, 5) is 23.5. The average Bonchev–Trinajstić information content (AvgIpc) is 2.38. The van der Waals surface area contributed by atoms with Crippen LogP contribution in [-0.2, 0) is 9.47 Å². The van der Waals surface area contributed by atoms with E-state index in [0.29, 0.717) is 0 Å². The highest BCUT2D eigenvalue weighted by Gasteiger charge is 2.19.